The summed E-state index contributed by atoms with van der Waals surface area (Å²) >= 11 is 1.41. The molecule has 0 aliphatic carbocycles. The molecule has 1 N–H and O–H groups in total. The van der Waals surface area contributed by atoms with Gasteiger partial charge in [0.1, 0.15) is 12.4 Å². The van der Waals surface area contributed by atoms with Gasteiger partial charge in [-0.25, -0.2) is 14.8 Å². The van der Waals surface area contributed by atoms with Crippen LogP contribution in [0.3, 0.4) is 0 Å². The van der Waals surface area contributed by atoms with Gasteiger partial charge in [0, 0.05) is 25.3 Å². The first kappa shape index (κ1) is 18.2. The number of hydrogen-bond donors (Lipinski definition) is 1. The Bertz CT molecular complexity index is 772. The smallest absolute Gasteiger partial charge is 0.410 e. The van der Waals surface area contributed by atoms with E-state index >= 15 is 0 Å². The maximum atomic E-state index is 12.2. The molecule has 1 saturated heterocycles. The van der Waals surface area contributed by atoms with Gasteiger partial charge in [0.05, 0.1) is 5.56 Å². The van der Waals surface area contributed by atoms with Gasteiger partial charge in [-0.3, -0.25) is 4.79 Å². The van der Waals surface area contributed by atoms with Gasteiger partial charge in [-0.1, -0.05) is 42.1 Å². The molecule has 1 fully saturated rings. The number of likely N-dealkylation sites (tertiary alicyclic amines) is 1. The van der Waals surface area contributed by atoms with E-state index in [1.807, 2.05) is 36.6 Å². The van der Waals surface area contributed by atoms with Crippen molar-refractivity contribution in [2.75, 3.05) is 24.7 Å². The standard InChI is InChI=1S/C18H20N4O3S/c1-26-17-19-9-14(11-23)16(21-17)20-15-7-8-22(10-15)18(24)25-12-13-5-3-2-4-6-13/h2-6,9,11,15H,7-8,10,12H2,1H3,(H,19,20,21)/t15-/m0/s1. The lowest BCUT2D eigenvalue weighted by atomic mass is 10.2. The molecule has 1 amide bonds. The van der Waals surface area contributed by atoms with E-state index in [0.29, 0.717) is 29.6 Å². The van der Waals surface area contributed by atoms with E-state index in [1.54, 1.807) is 4.90 Å². The van der Waals surface area contributed by atoms with Crippen LogP contribution >= 0.6 is 11.8 Å². The zero-order chi connectivity index (χ0) is 18.4. The molecule has 2 aromatic rings. The fourth-order valence-electron chi connectivity index (χ4n) is 2.72. The summed E-state index contributed by atoms with van der Waals surface area (Å²) in [5.41, 5.74) is 1.36. The van der Waals surface area contributed by atoms with Crippen molar-refractivity contribution in [3.05, 3.63) is 47.7 Å². The van der Waals surface area contributed by atoms with Crippen molar-refractivity contribution in [1.29, 1.82) is 0 Å². The summed E-state index contributed by atoms with van der Waals surface area (Å²) in [5.74, 6) is 0.504. The molecule has 1 aromatic heterocycles. The number of anilines is 1. The molecule has 26 heavy (non-hydrogen) atoms. The highest BCUT2D eigenvalue weighted by Gasteiger charge is 2.28. The van der Waals surface area contributed by atoms with Gasteiger partial charge >= 0.3 is 6.09 Å². The lowest BCUT2D eigenvalue weighted by Crippen LogP contribution is -2.32. The van der Waals surface area contributed by atoms with E-state index in [0.717, 1.165) is 18.3 Å². The highest BCUT2D eigenvalue weighted by atomic mass is 32.2. The molecule has 0 saturated carbocycles. The molecule has 2 heterocycles. The molecule has 8 heteroatoms. The van der Waals surface area contributed by atoms with Crippen molar-refractivity contribution in [3.8, 4) is 0 Å². The number of hydrogen-bond acceptors (Lipinski definition) is 7. The van der Waals surface area contributed by atoms with Crippen molar-refractivity contribution in [2.24, 2.45) is 0 Å². The van der Waals surface area contributed by atoms with Crippen molar-refractivity contribution < 1.29 is 14.3 Å². The van der Waals surface area contributed by atoms with Gasteiger partial charge in [0.25, 0.3) is 0 Å². The van der Waals surface area contributed by atoms with Crippen LogP contribution in [0.2, 0.25) is 0 Å². The largest absolute Gasteiger partial charge is 0.445 e. The molecule has 1 aromatic carbocycles. The van der Waals surface area contributed by atoms with E-state index in [9.17, 15) is 9.59 Å². The van der Waals surface area contributed by atoms with Crippen molar-refractivity contribution in [1.82, 2.24) is 14.9 Å². The molecule has 1 atom stereocenters. The Kier molecular flexibility index (Phi) is 6.06. The van der Waals surface area contributed by atoms with Gasteiger partial charge in [-0.2, -0.15) is 0 Å². The van der Waals surface area contributed by atoms with Crippen LogP contribution in [0.1, 0.15) is 22.3 Å². The topological polar surface area (TPSA) is 84.4 Å². The third-order valence-corrected chi connectivity index (χ3v) is 4.66. The Morgan fingerprint density at radius 2 is 2.23 bits per heavy atom. The quantitative estimate of drug-likeness (QED) is 0.474. The summed E-state index contributed by atoms with van der Waals surface area (Å²) in [6, 6.07) is 9.60. The second kappa shape index (κ2) is 8.66. The molecule has 136 valence electrons. The van der Waals surface area contributed by atoms with E-state index in [2.05, 4.69) is 15.3 Å². The number of nitrogens with one attached hydrogen (secondary N) is 1. The van der Waals surface area contributed by atoms with E-state index < -0.39 is 0 Å². The predicted molar refractivity (Wildman–Crippen MR) is 99.4 cm³/mol. The molecular weight excluding hydrogens is 352 g/mol. The van der Waals surface area contributed by atoms with Gasteiger partial charge in [-0.05, 0) is 18.2 Å². The van der Waals surface area contributed by atoms with Crippen molar-refractivity contribution in [3.63, 3.8) is 0 Å². The predicted octanol–water partition coefficient (Wildman–Crippen LogP) is 2.83. The SMILES string of the molecule is CSc1ncc(C=O)c(N[C@H]2CCN(C(=O)OCc3ccccc3)C2)n1. The molecular formula is C18H20N4O3S. The summed E-state index contributed by atoms with van der Waals surface area (Å²) in [4.78, 5) is 33.5. The van der Waals surface area contributed by atoms with E-state index in [1.165, 1.54) is 18.0 Å². The van der Waals surface area contributed by atoms with Crippen LogP contribution in [0.4, 0.5) is 10.6 Å². The number of carbonyl (C=O) groups is 2. The summed E-state index contributed by atoms with van der Waals surface area (Å²) < 4.78 is 5.37. The molecule has 1 aliphatic rings. The normalized spacial score (nSPS) is 16.3. The van der Waals surface area contributed by atoms with Crippen molar-refractivity contribution >= 4 is 30.0 Å². The zero-order valence-corrected chi connectivity index (χ0v) is 15.2. The first-order valence-corrected chi connectivity index (χ1v) is 9.50. The Morgan fingerprint density at radius 1 is 1.42 bits per heavy atom. The Balaban J connectivity index is 1.55. The van der Waals surface area contributed by atoms with Crippen LogP contribution < -0.4 is 5.32 Å². The van der Waals surface area contributed by atoms with Crippen LogP contribution in [-0.2, 0) is 11.3 Å². The molecule has 0 radical (unpaired) electrons. The first-order valence-electron chi connectivity index (χ1n) is 8.28. The minimum atomic E-state index is -0.332. The number of amides is 1. The van der Waals surface area contributed by atoms with Crippen LogP contribution in [-0.4, -0.2) is 52.6 Å². The highest BCUT2D eigenvalue weighted by Crippen LogP contribution is 2.20. The lowest BCUT2D eigenvalue weighted by molar-refractivity contribution is 0.104. The Labute approximate surface area is 156 Å². The molecule has 0 unspecified atom stereocenters. The summed E-state index contributed by atoms with van der Waals surface area (Å²) in [6.45, 7) is 1.36. The van der Waals surface area contributed by atoms with Gasteiger partial charge < -0.3 is 15.0 Å². The molecule has 3 rings (SSSR count). The number of aromatic nitrogens is 2. The second-order valence-electron chi connectivity index (χ2n) is 5.89. The third-order valence-electron chi connectivity index (χ3n) is 4.10. The second-order valence-corrected chi connectivity index (χ2v) is 6.67. The first-order chi connectivity index (χ1) is 12.7. The van der Waals surface area contributed by atoms with Crippen LogP contribution in [0.15, 0.2) is 41.7 Å². The average molecular weight is 372 g/mol. The van der Waals surface area contributed by atoms with Gasteiger partial charge in [-0.15, -0.1) is 0 Å². The zero-order valence-electron chi connectivity index (χ0n) is 14.4. The minimum Gasteiger partial charge on any atom is -0.445 e. The molecule has 0 bridgehead atoms. The fourth-order valence-corrected chi connectivity index (χ4v) is 3.06. The summed E-state index contributed by atoms with van der Waals surface area (Å²) in [5, 5.41) is 3.84. The molecule has 1 aliphatic heterocycles. The molecule has 0 spiro atoms. The van der Waals surface area contributed by atoms with Crippen LogP contribution in [0.25, 0.3) is 0 Å². The van der Waals surface area contributed by atoms with Gasteiger partial charge in [0.2, 0.25) is 0 Å². The summed E-state index contributed by atoms with van der Waals surface area (Å²) in [6.07, 6.45) is 4.54. The van der Waals surface area contributed by atoms with Crippen molar-refractivity contribution in [2.45, 2.75) is 24.2 Å². The van der Waals surface area contributed by atoms with E-state index in [4.69, 9.17) is 4.74 Å². The fraction of sp³-hybridized carbons (Fsp3) is 0.333. The number of thioether (sulfide) groups is 1. The Morgan fingerprint density at radius 3 is 2.96 bits per heavy atom. The maximum Gasteiger partial charge on any atom is 0.410 e. The highest BCUT2D eigenvalue weighted by molar-refractivity contribution is 7.98. The number of carbonyl (C=O) groups excluding carboxylic acids is 2. The number of benzene rings is 1. The lowest BCUT2D eigenvalue weighted by Gasteiger charge is -2.18. The van der Waals surface area contributed by atoms with Crippen LogP contribution in [0, 0.1) is 0 Å². The number of ether oxygens (including phenoxy) is 1. The number of aldehydes is 1. The molecule has 7 nitrogen and oxygen atoms in total. The minimum absolute atomic E-state index is 0.0163. The van der Waals surface area contributed by atoms with Gasteiger partial charge in [0.15, 0.2) is 11.4 Å². The van der Waals surface area contributed by atoms with Crippen LogP contribution in [0.5, 0.6) is 0 Å². The average Bonchev–Trinajstić information content (AvgIpc) is 3.15. The maximum absolute atomic E-state index is 12.2. The summed E-state index contributed by atoms with van der Waals surface area (Å²) in [7, 11) is 0. The number of rotatable bonds is 6. The monoisotopic (exact) mass is 372 g/mol. The third kappa shape index (κ3) is 4.51. The number of nitrogens with zero attached hydrogens (tertiary/aromatic N) is 3. The Hall–Kier alpha value is -2.61. The van der Waals surface area contributed by atoms with E-state index in [-0.39, 0.29) is 18.7 Å².